The summed E-state index contributed by atoms with van der Waals surface area (Å²) in [5, 5.41) is 3.05. The van der Waals surface area contributed by atoms with Gasteiger partial charge in [-0.1, -0.05) is 12.5 Å². The summed E-state index contributed by atoms with van der Waals surface area (Å²) in [4.78, 5) is 11.7. The van der Waals surface area contributed by atoms with Gasteiger partial charge in [0.2, 0.25) is 5.91 Å². The first kappa shape index (κ1) is 12.7. The Morgan fingerprint density at radius 3 is 2.44 bits per heavy atom. The van der Waals surface area contributed by atoms with Crippen molar-refractivity contribution in [2.24, 2.45) is 0 Å². The third-order valence-corrected chi connectivity index (χ3v) is 3.30. The molecule has 1 aromatic rings. The maximum atomic E-state index is 11.7. The normalized spacial score (nSPS) is 19.9. The Balaban J connectivity index is 2.37. The van der Waals surface area contributed by atoms with E-state index >= 15 is 0 Å². The summed E-state index contributed by atoms with van der Waals surface area (Å²) in [6, 6.07) is 5.66. The fourth-order valence-corrected chi connectivity index (χ4v) is 2.41. The summed E-state index contributed by atoms with van der Waals surface area (Å²) in [7, 11) is 3.27. The van der Waals surface area contributed by atoms with Gasteiger partial charge < -0.3 is 14.8 Å². The molecule has 1 saturated heterocycles. The molecule has 4 heteroatoms. The highest BCUT2D eigenvalue weighted by Crippen LogP contribution is 2.37. The van der Waals surface area contributed by atoms with Gasteiger partial charge in [0, 0.05) is 6.42 Å². The molecule has 0 aliphatic carbocycles. The van der Waals surface area contributed by atoms with Gasteiger partial charge in [-0.05, 0) is 25.0 Å². The molecule has 1 N–H and O–H groups in total. The zero-order chi connectivity index (χ0) is 13.0. The number of amides is 1. The number of hydrogen-bond acceptors (Lipinski definition) is 3. The van der Waals surface area contributed by atoms with Gasteiger partial charge in [0.05, 0.1) is 25.8 Å². The molecule has 0 radical (unpaired) electrons. The molecule has 18 heavy (non-hydrogen) atoms. The molecule has 2 rings (SSSR count). The van der Waals surface area contributed by atoms with Gasteiger partial charge in [-0.15, -0.1) is 0 Å². The molecule has 1 fully saturated rings. The summed E-state index contributed by atoms with van der Waals surface area (Å²) in [5.74, 6) is 1.63. The molecule has 0 spiro atoms. The summed E-state index contributed by atoms with van der Waals surface area (Å²) in [6.07, 6.45) is 3.50. The largest absolute Gasteiger partial charge is 0.496 e. The highest BCUT2D eigenvalue weighted by atomic mass is 16.5. The molecule has 98 valence electrons. The van der Waals surface area contributed by atoms with Crippen LogP contribution in [0.4, 0.5) is 0 Å². The summed E-state index contributed by atoms with van der Waals surface area (Å²) < 4.78 is 10.8. The van der Waals surface area contributed by atoms with E-state index < -0.39 is 0 Å². The number of nitrogens with one attached hydrogen (secondary N) is 1. The Bertz CT molecular complexity index is 409. The molecule has 0 aromatic heterocycles. The standard InChI is InChI=1S/C14H19NO3/c1-17-11-7-5-8-12(18-2)14(11)10-6-3-4-9-13(16)15-10/h5,7-8,10H,3-4,6,9H2,1-2H3,(H,15,16). The predicted molar refractivity (Wildman–Crippen MR) is 68.9 cm³/mol. The van der Waals surface area contributed by atoms with E-state index in [1.165, 1.54) is 0 Å². The van der Waals surface area contributed by atoms with Crippen molar-refractivity contribution in [2.45, 2.75) is 31.7 Å². The van der Waals surface area contributed by atoms with Gasteiger partial charge >= 0.3 is 0 Å². The number of carbonyl (C=O) groups is 1. The summed E-state index contributed by atoms with van der Waals surface area (Å²) in [5.41, 5.74) is 0.942. The number of methoxy groups -OCH3 is 2. The number of ether oxygens (including phenoxy) is 2. The first-order chi connectivity index (χ1) is 8.76. The van der Waals surface area contributed by atoms with Gasteiger partial charge in [0.1, 0.15) is 11.5 Å². The van der Waals surface area contributed by atoms with Crippen molar-refractivity contribution < 1.29 is 14.3 Å². The minimum Gasteiger partial charge on any atom is -0.496 e. The van der Waals surface area contributed by atoms with Crippen molar-refractivity contribution in [2.75, 3.05) is 14.2 Å². The Morgan fingerprint density at radius 1 is 1.17 bits per heavy atom. The molecule has 1 heterocycles. The lowest BCUT2D eigenvalue weighted by atomic mass is 10.00. The molecule has 1 atom stereocenters. The average molecular weight is 249 g/mol. The molecule has 0 bridgehead atoms. The van der Waals surface area contributed by atoms with Gasteiger partial charge in [-0.25, -0.2) is 0 Å². The van der Waals surface area contributed by atoms with Crippen LogP contribution in [0.15, 0.2) is 18.2 Å². The minimum atomic E-state index is -0.0221. The number of benzene rings is 1. The monoisotopic (exact) mass is 249 g/mol. The van der Waals surface area contributed by atoms with Gasteiger partial charge in [0.15, 0.2) is 0 Å². The molecule has 0 saturated carbocycles. The van der Waals surface area contributed by atoms with Crippen LogP contribution in [0.1, 0.15) is 37.3 Å². The number of hydrogen-bond donors (Lipinski definition) is 1. The Morgan fingerprint density at radius 2 is 1.83 bits per heavy atom. The Kier molecular flexibility index (Phi) is 4.07. The predicted octanol–water partition coefficient (Wildman–Crippen LogP) is 2.44. The van der Waals surface area contributed by atoms with Crippen LogP contribution >= 0.6 is 0 Å². The van der Waals surface area contributed by atoms with Crippen LogP contribution in [-0.4, -0.2) is 20.1 Å². The fraction of sp³-hybridized carbons (Fsp3) is 0.500. The maximum Gasteiger partial charge on any atom is 0.220 e. The summed E-state index contributed by atoms with van der Waals surface area (Å²) >= 11 is 0. The zero-order valence-electron chi connectivity index (χ0n) is 10.9. The zero-order valence-corrected chi connectivity index (χ0v) is 10.9. The van der Waals surface area contributed by atoms with Crippen molar-refractivity contribution in [3.8, 4) is 11.5 Å². The average Bonchev–Trinajstić information content (AvgIpc) is 2.62. The molecule has 1 amide bonds. The lowest BCUT2D eigenvalue weighted by molar-refractivity contribution is -0.121. The van der Waals surface area contributed by atoms with E-state index in [1.54, 1.807) is 14.2 Å². The van der Waals surface area contributed by atoms with Gasteiger partial charge in [-0.2, -0.15) is 0 Å². The SMILES string of the molecule is COc1cccc(OC)c1C1CCCCC(=O)N1. The molecule has 1 unspecified atom stereocenters. The third-order valence-electron chi connectivity index (χ3n) is 3.30. The maximum absolute atomic E-state index is 11.7. The van der Waals surface area contributed by atoms with Crippen molar-refractivity contribution in [1.29, 1.82) is 0 Å². The highest BCUT2D eigenvalue weighted by molar-refractivity contribution is 5.77. The molecule has 4 nitrogen and oxygen atoms in total. The van der Waals surface area contributed by atoms with E-state index in [2.05, 4.69) is 5.32 Å². The van der Waals surface area contributed by atoms with Crippen LogP contribution in [0.2, 0.25) is 0 Å². The van der Waals surface area contributed by atoms with Crippen molar-refractivity contribution in [3.63, 3.8) is 0 Å². The number of rotatable bonds is 3. The second-order valence-corrected chi connectivity index (χ2v) is 4.44. The molecule has 1 aromatic carbocycles. The quantitative estimate of drug-likeness (QED) is 0.895. The second kappa shape index (κ2) is 5.76. The van der Waals surface area contributed by atoms with Crippen molar-refractivity contribution >= 4 is 5.91 Å². The second-order valence-electron chi connectivity index (χ2n) is 4.44. The Hall–Kier alpha value is -1.71. The lowest BCUT2D eigenvalue weighted by Crippen LogP contribution is -2.26. The third kappa shape index (κ3) is 2.58. The van der Waals surface area contributed by atoms with E-state index in [0.717, 1.165) is 36.3 Å². The number of carbonyl (C=O) groups excluding carboxylic acids is 1. The smallest absolute Gasteiger partial charge is 0.220 e. The van der Waals surface area contributed by atoms with E-state index in [-0.39, 0.29) is 11.9 Å². The molecular weight excluding hydrogens is 230 g/mol. The highest BCUT2D eigenvalue weighted by Gasteiger charge is 2.24. The van der Waals surface area contributed by atoms with Crippen LogP contribution in [0.25, 0.3) is 0 Å². The Labute approximate surface area is 107 Å². The fourth-order valence-electron chi connectivity index (χ4n) is 2.41. The topological polar surface area (TPSA) is 47.6 Å². The lowest BCUT2D eigenvalue weighted by Gasteiger charge is -2.21. The van der Waals surface area contributed by atoms with E-state index in [1.807, 2.05) is 18.2 Å². The van der Waals surface area contributed by atoms with Crippen LogP contribution in [0.3, 0.4) is 0 Å². The van der Waals surface area contributed by atoms with Gasteiger partial charge in [0.25, 0.3) is 0 Å². The van der Waals surface area contributed by atoms with Crippen LogP contribution in [0.5, 0.6) is 11.5 Å². The minimum absolute atomic E-state index is 0.0221. The van der Waals surface area contributed by atoms with E-state index in [0.29, 0.717) is 6.42 Å². The first-order valence-corrected chi connectivity index (χ1v) is 6.26. The van der Waals surface area contributed by atoms with Crippen LogP contribution < -0.4 is 14.8 Å². The first-order valence-electron chi connectivity index (χ1n) is 6.26. The van der Waals surface area contributed by atoms with Crippen molar-refractivity contribution in [1.82, 2.24) is 5.32 Å². The van der Waals surface area contributed by atoms with Crippen molar-refractivity contribution in [3.05, 3.63) is 23.8 Å². The van der Waals surface area contributed by atoms with Crippen LogP contribution in [0, 0.1) is 0 Å². The van der Waals surface area contributed by atoms with Gasteiger partial charge in [-0.3, -0.25) is 4.79 Å². The van der Waals surface area contributed by atoms with E-state index in [4.69, 9.17) is 9.47 Å². The van der Waals surface area contributed by atoms with E-state index in [9.17, 15) is 4.79 Å². The molecule has 1 aliphatic heterocycles. The van der Waals surface area contributed by atoms with Crippen LogP contribution in [-0.2, 0) is 4.79 Å². The molecule has 1 aliphatic rings. The molecular formula is C14H19NO3. The summed E-state index contributed by atoms with van der Waals surface area (Å²) in [6.45, 7) is 0.